The number of hydrogen-bond donors (Lipinski definition) is 2. The molecule has 1 aliphatic heterocycles. The van der Waals surface area contributed by atoms with E-state index in [1.165, 1.54) is 6.07 Å². The van der Waals surface area contributed by atoms with Gasteiger partial charge in [0.05, 0.1) is 5.56 Å². The number of guanidine groups is 1. The molecule has 0 aromatic heterocycles. The molecule has 0 saturated carbocycles. The van der Waals surface area contributed by atoms with E-state index in [1.807, 2.05) is 6.92 Å². The van der Waals surface area contributed by atoms with Crippen LogP contribution in [0.5, 0.6) is 0 Å². The molecule has 1 aliphatic rings. The number of benzene rings is 1. The first-order valence-electron chi connectivity index (χ1n) is 10.2. The number of hydrogen-bond acceptors (Lipinski definition) is 2. The Bertz CT molecular complexity index is 724. The number of nitrogens with zero attached hydrogens (tertiary/aromatic N) is 2. The van der Waals surface area contributed by atoms with E-state index in [1.54, 1.807) is 6.07 Å². The molecule has 1 aromatic rings. The molecule has 1 heterocycles. The minimum Gasteiger partial charge on any atom is -0.357 e. The molecule has 1 fully saturated rings. The van der Waals surface area contributed by atoms with Crippen molar-refractivity contribution >= 4 is 5.96 Å². The molecule has 7 heteroatoms. The van der Waals surface area contributed by atoms with Crippen LogP contribution < -0.4 is 10.6 Å². The van der Waals surface area contributed by atoms with Crippen LogP contribution in [0.2, 0.25) is 0 Å². The van der Waals surface area contributed by atoms with E-state index in [0.717, 1.165) is 51.2 Å². The van der Waals surface area contributed by atoms with Crippen LogP contribution in [-0.4, -0.2) is 49.6 Å². The van der Waals surface area contributed by atoms with Gasteiger partial charge in [-0.1, -0.05) is 31.8 Å². The lowest BCUT2D eigenvalue weighted by Crippen LogP contribution is -2.49. The summed E-state index contributed by atoms with van der Waals surface area (Å²) in [6.07, 6.45) is -2.23. The lowest BCUT2D eigenvalue weighted by molar-refractivity contribution is -0.137. The predicted molar refractivity (Wildman–Crippen MR) is 112 cm³/mol. The van der Waals surface area contributed by atoms with E-state index in [-0.39, 0.29) is 6.54 Å². The first-order chi connectivity index (χ1) is 13.8. The van der Waals surface area contributed by atoms with Crippen molar-refractivity contribution in [1.82, 2.24) is 15.5 Å². The fourth-order valence-corrected chi connectivity index (χ4v) is 3.32. The number of nitrogens with one attached hydrogen (secondary N) is 2. The Hall–Kier alpha value is -2.20. The summed E-state index contributed by atoms with van der Waals surface area (Å²) in [4.78, 5) is 6.94. The fourth-order valence-electron chi connectivity index (χ4n) is 3.32. The Balaban J connectivity index is 1.90. The second-order valence-electron chi connectivity index (χ2n) is 7.69. The number of likely N-dealkylation sites (tertiary alicyclic amines) is 1. The number of rotatable bonds is 5. The summed E-state index contributed by atoms with van der Waals surface area (Å²) in [5.41, 5.74) is -0.350. The third kappa shape index (κ3) is 8.36. The SMILES string of the molecule is CCNC(=NCC#Cc1cccc(C(F)(F)F)c1)NC1CCN(CC(C)C)CC1. The van der Waals surface area contributed by atoms with Crippen LogP contribution in [0.15, 0.2) is 29.3 Å². The quantitative estimate of drug-likeness (QED) is 0.443. The highest BCUT2D eigenvalue weighted by molar-refractivity contribution is 5.80. The van der Waals surface area contributed by atoms with Gasteiger partial charge in [0.25, 0.3) is 0 Å². The minimum absolute atomic E-state index is 0.220. The van der Waals surface area contributed by atoms with E-state index < -0.39 is 11.7 Å². The molecule has 29 heavy (non-hydrogen) atoms. The van der Waals surface area contributed by atoms with Gasteiger partial charge in [0.15, 0.2) is 5.96 Å². The van der Waals surface area contributed by atoms with Crippen molar-refractivity contribution in [1.29, 1.82) is 0 Å². The fraction of sp³-hybridized carbons (Fsp3) is 0.591. The lowest BCUT2D eigenvalue weighted by atomic mass is 10.0. The van der Waals surface area contributed by atoms with Gasteiger partial charge in [0, 0.05) is 37.8 Å². The van der Waals surface area contributed by atoms with Crippen LogP contribution in [0.25, 0.3) is 0 Å². The van der Waals surface area contributed by atoms with Crippen LogP contribution in [0, 0.1) is 17.8 Å². The van der Waals surface area contributed by atoms with Gasteiger partial charge in [0.2, 0.25) is 0 Å². The number of alkyl halides is 3. The molecule has 0 bridgehead atoms. The smallest absolute Gasteiger partial charge is 0.357 e. The third-order valence-corrected chi connectivity index (χ3v) is 4.63. The van der Waals surface area contributed by atoms with Crippen molar-refractivity contribution in [2.45, 2.75) is 45.8 Å². The molecule has 1 saturated heterocycles. The highest BCUT2D eigenvalue weighted by Crippen LogP contribution is 2.29. The summed E-state index contributed by atoms with van der Waals surface area (Å²) in [5, 5.41) is 6.66. The highest BCUT2D eigenvalue weighted by atomic mass is 19.4. The maximum atomic E-state index is 12.8. The average Bonchev–Trinajstić information content (AvgIpc) is 2.66. The van der Waals surface area contributed by atoms with Crippen LogP contribution in [0.3, 0.4) is 0 Å². The van der Waals surface area contributed by atoms with Crippen molar-refractivity contribution < 1.29 is 13.2 Å². The molecule has 0 radical (unpaired) electrons. The van der Waals surface area contributed by atoms with E-state index in [9.17, 15) is 13.2 Å². The molecule has 4 nitrogen and oxygen atoms in total. The van der Waals surface area contributed by atoms with Crippen molar-refractivity contribution in [3.05, 3.63) is 35.4 Å². The maximum absolute atomic E-state index is 12.8. The van der Waals surface area contributed by atoms with Crippen LogP contribution >= 0.6 is 0 Å². The molecule has 160 valence electrons. The van der Waals surface area contributed by atoms with Gasteiger partial charge in [-0.2, -0.15) is 13.2 Å². The predicted octanol–water partition coefficient (Wildman–Crippen LogP) is 3.73. The first kappa shape index (κ1) is 23.1. The zero-order valence-corrected chi connectivity index (χ0v) is 17.4. The largest absolute Gasteiger partial charge is 0.416 e. The minimum atomic E-state index is -4.36. The van der Waals surface area contributed by atoms with Crippen LogP contribution in [0.1, 0.15) is 44.7 Å². The van der Waals surface area contributed by atoms with Crippen molar-refractivity contribution in [2.24, 2.45) is 10.9 Å². The van der Waals surface area contributed by atoms with E-state index >= 15 is 0 Å². The summed E-state index contributed by atoms with van der Waals surface area (Å²) in [7, 11) is 0. The summed E-state index contributed by atoms with van der Waals surface area (Å²) in [5.74, 6) is 6.98. The standard InChI is InChI=1S/C22H31F3N4/c1-4-26-21(28-20-10-13-29(14-11-20)16-17(2)3)27-12-6-8-18-7-5-9-19(15-18)22(23,24)25/h5,7,9,15,17,20H,4,10-14,16H2,1-3H3,(H2,26,27,28). The van der Waals surface area contributed by atoms with Gasteiger partial charge in [0.1, 0.15) is 6.54 Å². The van der Waals surface area contributed by atoms with Crippen molar-refractivity contribution in [3.8, 4) is 11.8 Å². The van der Waals surface area contributed by atoms with Gasteiger partial charge in [-0.25, -0.2) is 4.99 Å². The Labute approximate surface area is 172 Å². The second kappa shape index (κ2) is 11.1. The van der Waals surface area contributed by atoms with E-state index in [2.05, 4.69) is 46.2 Å². The average molecular weight is 409 g/mol. The van der Waals surface area contributed by atoms with Gasteiger partial charge >= 0.3 is 6.18 Å². The molecule has 0 unspecified atom stereocenters. The Morgan fingerprint density at radius 1 is 1.28 bits per heavy atom. The molecule has 0 spiro atoms. The molecule has 1 aromatic carbocycles. The Kier molecular flexibility index (Phi) is 8.84. The van der Waals surface area contributed by atoms with Gasteiger partial charge in [-0.05, 0) is 43.9 Å². The summed E-state index contributed by atoms with van der Waals surface area (Å²) in [6, 6.07) is 5.41. The molecule has 2 N–H and O–H groups in total. The topological polar surface area (TPSA) is 39.7 Å². The summed E-state index contributed by atoms with van der Waals surface area (Å²) >= 11 is 0. The third-order valence-electron chi connectivity index (χ3n) is 4.63. The number of piperidine rings is 1. The monoisotopic (exact) mass is 408 g/mol. The van der Waals surface area contributed by atoms with Gasteiger partial charge < -0.3 is 15.5 Å². The van der Waals surface area contributed by atoms with Crippen molar-refractivity contribution in [2.75, 3.05) is 32.7 Å². The normalized spacial score (nSPS) is 16.4. The molecule has 0 aliphatic carbocycles. The van der Waals surface area contributed by atoms with Crippen molar-refractivity contribution in [3.63, 3.8) is 0 Å². The highest BCUT2D eigenvalue weighted by Gasteiger charge is 2.30. The maximum Gasteiger partial charge on any atom is 0.416 e. The molecular formula is C22H31F3N4. The van der Waals surface area contributed by atoms with Crippen LogP contribution in [0.4, 0.5) is 13.2 Å². The Morgan fingerprint density at radius 2 is 2.00 bits per heavy atom. The first-order valence-corrected chi connectivity index (χ1v) is 10.2. The molecule has 0 atom stereocenters. The summed E-state index contributed by atoms with van der Waals surface area (Å²) in [6.45, 7) is 10.7. The van der Waals surface area contributed by atoms with E-state index in [4.69, 9.17) is 0 Å². The van der Waals surface area contributed by atoms with Gasteiger partial charge in [-0.15, -0.1) is 0 Å². The molecule has 2 rings (SSSR count). The second-order valence-corrected chi connectivity index (χ2v) is 7.69. The lowest BCUT2D eigenvalue weighted by Gasteiger charge is -2.33. The number of halogens is 3. The Morgan fingerprint density at radius 3 is 2.62 bits per heavy atom. The van der Waals surface area contributed by atoms with E-state index in [0.29, 0.717) is 23.5 Å². The number of aliphatic imine (C=N–C) groups is 1. The van der Waals surface area contributed by atoms with Crippen LogP contribution in [-0.2, 0) is 6.18 Å². The van der Waals surface area contributed by atoms with Gasteiger partial charge in [-0.3, -0.25) is 0 Å². The zero-order valence-electron chi connectivity index (χ0n) is 17.4. The summed E-state index contributed by atoms with van der Waals surface area (Å²) < 4.78 is 38.3. The zero-order chi connectivity index (χ0) is 21.3. The molecular weight excluding hydrogens is 377 g/mol. The molecule has 0 amide bonds.